The number of aryl methyl sites for hydroxylation is 1. The molecule has 7 heteroatoms. The molecule has 0 atom stereocenters. The minimum absolute atomic E-state index is 0.0946. The van der Waals surface area contributed by atoms with Crippen molar-refractivity contribution in [1.29, 1.82) is 0 Å². The molecule has 2 heterocycles. The number of aromatic nitrogens is 2. The van der Waals surface area contributed by atoms with Crippen LogP contribution in [0.4, 0.5) is 15.9 Å². The average Bonchev–Trinajstić information content (AvgIpc) is 3.18. The van der Waals surface area contributed by atoms with Gasteiger partial charge in [-0.25, -0.2) is 9.37 Å². The summed E-state index contributed by atoms with van der Waals surface area (Å²) in [6.07, 6.45) is 3.42. The Labute approximate surface area is 194 Å². The first-order valence-electron chi connectivity index (χ1n) is 11.7. The molecule has 0 unspecified atom stereocenters. The van der Waals surface area contributed by atoms with Crippen LogP contribution in [0.3, 0.4) is 0 Å². The van der Waals surface area contributed by atoms with Gasteiger partial charge in [0.1, 0.15) is 23.2 Å². The van der Waals surface area contributed by atoms with Gasteiger partial charge in [0.05, 0.1) is 13.1 Å². The normalized spacial score (nSPS) is 13.1. The van der Waals surface area contributed by atoms with Crippen LogP contribution in [0.25, 0.3) is 11.3 Å². The number of benzene rings is 2. The van der Waals surface area contributed by atoms with Crippen LogP contribution in [0, 0.1) is 12.7 Å². The summed E-state index contributed by atoms with van der Waals surface area (Å²) in [5, 5.41) is 6.77. The second kappa shape index (κ2) is 10.6. The number of amides is 1. The lowest BCUT2D eigenvalue weighted by Crippen LogP contribution is -2.43. The molecule has 4 rings (SSSR count). The Kier molecular flexibility index (Phi) is 7.40. The van der Waals surface area contributed by atoms with Crippen LogP contribution >= 0.6 is 0 Å². The van der Waals surface area contributed by atoms with Crippen molar-refractivity contribution in [3.05, 3.63) is 65.7 Å². The van der Waals surface area contributed by atoms with E-state index in [9.17, 15) is 9.18 Å². The zero-order valence-corrected chi connectivity index (χ0v) is 19.4. The number of fused-ring (bicyclic) bond motifs is 1. The van der Waals surface area contributed by atoms with Crippen LogP contribution in [-0.2, 0) is 17.9 Å². The van der Waals surface area contributed by atoms with Crippen molar-refractivity contribution in [2.24, 2.45) is 0 Å². The van der Waals surface area contributed by atoms with Crippen LogP contribution < -0.4 is 10.6 Å². The Hall–Kier alpha value is -3.19. The molecule has 33 heavy (non-hydrogen) atoms. The number of hydrogen-bond acceptors (Lipinski definition) is 4. The lowest BCUT2D eigenvalue weighted by molar-refractivity contribution is -0.131. The Morgan fingerprint density at radius 2 is 1.82 bits per heavy atom. The molecule has 3 aromatic rings. The SMILES string of the molecule is CCCCCNCC(=O)N1CCn2c(nc(-c3ccc(F)cc3)c2Nc2ccc(C)cc2)C1. The highest BCUT2D eigenvalue weighted by Gasteiger charge is 2.26. The highest BCUT2D eigenvalue weighted by molar-refractivity contribution is 5.79. The summed E-state index contributed by atoms with van der Waals surface area (Å²) in [4.78, 5) is 19.5. The van der Waals surface area contributed by atoms with E-state index >= 15 is 0 Å². The third-order valence-corrected chi connectivity index (χ3v) is 5.99. The van der Waals surface area contributed by atoms with Crippen molar-refractivity contribution in [2.45, 2.75) is 46.2 Å². The zero-order valence-electron chi connectivity index (χ0n) is 19.4. The molecule has 1 aliphatic rings. The monoisotopic (exact) mass is 449 g/mol. The zero-order chi connectivity index (χ0) is 23.2. The summed E-state index contributed by atoms with van der Waals surface area (Å²) in [6, 6.07) is 14.6. The van der Waals surface area contributed by atoms with Gasteiger partial charge in [-0.3, -0.25) is 4.79 Å². The van der Waals surface area contributed by atoms with Crippen molar-refractivity contribution in [2.75, 3.05) is 25.0 Å². The molecule has 1 aromatic heterocycles. The summed E-state index contributed by atoms with van der Waals surface area (Å²) in [6.45, 7) is 7.18. The molecule has 1 aliphatic heterocycles. The smallest absolute Gasteiger partial charge is 0.236 e. The second-order valence-electron chi connectivity index (χ2n) is 8.57. The van der Waals surface area contributed by atoms with E-state index < -0.39 is 0 Å². The quantitative estimate of drug-likeness (QED) is 0.458. The lowest BCUT2D eigenvalue weighted by Gasteiger charge is -2.29. The van der Waals surface area contributed by atoms with E-state index in [1.807, 2.05) is 17.0 Å². The predicted molar refractivity (Wildman–Crippen MR) is 130 cm³/mol. The van der Waals surface area contributed by atoms with Crippen molar-refractivity contribution in [1.82, 2.24) is 19.8 Å². The number of carbonyl (C=O) groups excluding carboxylic acids is 1. The summed E-state index contributed by atoms with van der Waals surface area (Å²) in [5.41, 5.74) is 3.74. The molecule has 0 fully saturated rings. The van der Waals surface area contributed by atoms with Crippen molar-refractivity contribution >= 4 is 17.4 Å². The van der Waals surface area contributed by atoms with E-state index in [1.165, 1.54) is 30.5 Å². The van der Waals surface area contributed by atoms with Gasteiger partial charge in [-0.05, 0) is 56.3 Å². The van der Waals surface area contributed by atoms with Gasteiger partial charge in [-0.2, -0.15) is 0 Å². The maximum atomic E-state index is 13.5. The van der Waals surface area contributed by atoms with Gasteiger partial charge in [0.25, 0.3) is 0 Å². The summed E-state index contributed by atoms with van der Waals surface area (Å²) >= 11 is 0. The maximum Gasteiger partial charge on any atom is 0.236 e. The fraction of sp³-hybridized carbons (Fsp3) is 0.385. The van der Waals surface area contributed by atoms with Gasteiger partial charge < -0.3 is 20.1 Å². The van der Waals surface area contributed by atoms with E-state index in [0.29, 0.717) is 26.2 Å². The standard InChI is InChI=1S/C26H32FN5O/c1-3-4-5-14-28-17-24(33)31-15-16-32-23(18-31)30-25(20-8-10-21(27)11-9-20)26(32)29-22-12-6-19(2)7-13-22/h6-13,28-29H,3-5,14-18H2,1-2H3. The minimum Gasteiger partial charge on any atom is -0.340 e. The molecule has 0 spiro atoms. The first kappa shape index (κ1) is 23.0. The largest absolute Gasteiger partial charge is 0.340 e. The number of imidazole rings is 1. The van der Waals surface area contributed by atoms with Gasteiger partial charge in [0, 0.05) is 24.3 Å². The van der Waals surface area contributed by atoms with Gasteiger partial charge in [-0.15, -0.1) is 0 Å². The number of halogens is 1. The van der Waals surface area contributed by atoms with Crippen molar-refractivity contribution in [3.8, 4) is 11.3 Å². The lowest BCUT2D eigenvalue weighted by atomic mass is 10.1. The Balaban J connectivity index is 1.55. The molecule has 2 N–H and O–H groups in total. The highest BCUT2D eigenvalue weighted by atomic mass is 19.1. The third kappa shape index (κ3) is 5.60. The fourth-order valence-electron chi connectivity index (χ4n) is 4.06. The molecule has 0 aliphatic carbocycles. The molecular weight excluding hydrogens is 417 g/mol. The third-order valence-electron chi connectivity index (χ3n) is 5.99. The average molecular weight is 450 g/mol. The minimum atomic E-state index is -0.279. The molecule has 0 saturated heterocycles. The van der Waals surface area contributed by atoms with Gasteiger partial charge >= 0.3 is 0 Å². The Bertz CT molecular complexity index is 1080. The molecule has 2 aromatic carbocycles. The predicted octanol–water partition coefficient (Wildman–Crippen LogP) is 4.86. The Morgan fingerprint density at radius 3 is 2.55 bits per heavy atom. The van der Waals surface area contributed by atoms with Crippen LogP contribution in [0.15, 0.2) is 48.5 Å². The summed E-state index contributed by atoms with van der Waals surface area (Å²) in [5.74, 6) is 1.51. The number of unbranched alkanes of at least 4 members (excludes halogenated alkanes) is 2. The molecule has 6 nitrogen and oxygen atoms in total. The van der Waals surface area contributed by atoms with Gasteiger partial charge in [-0.1, -0.05) is 37.5 Å². The van der Waals surface area contributed by atoms with Crippen LogP contribution in [0.1, 0.15) is 37.6 Å². The van der Waals surface area contributed by atoms with Gasteiger partial charge in [0.15, 0.2) is 0 Å². The molecular formula is C26H32FN5O. The Morgan fingerprint density at radius 1 is 1.06 bits per heavy atom. The summed E-state index contributed by atoms with van der Waals surface area (Å²) in [7, 11) is 0. The second-order valence-corrected chi connectivity index (χ2v) is 8.57. The van der Waals surface area contributed by atoms with E-state index in [4.69, 9.17) is 4.98 Å². The van der Waals surface area contributed by atoms with E-state index in [2.05, 4.69) is 41.2 Å². The first-order valence-corrected chi connectivity index (χ1v) is 11.7. The molecule has 0 bridgehead atoms. The fourth-order valence-corrected chi connectivity index (χ4v) is 4.06. The highest BCUT2D eigenvalue weighted by Crippen LogP contribution is 2.33. The van der Waals surface area contributed by atoms with E-state index in [-0.39, 0.29) is 11.7 Å². The molecule has 174 valence electrons. The number of anilines is 2. The first-order chi connectivity index (χ1) is 16.0. The number of rotatable bonds is 9. The molecule has 0 radical (unpaired) electrons. The van der Waals surface area contributed by atoms with E-state index in [1.54, 1.807) is 12.1 Å². The number of carbonyl (C=O) groups is 1. The molecule has 1 amide bonds. The number of hydrogen-bond donors (Lipinski definition) is 2. The van der Waals surface area contributed by atoms with E-state index in [0.717, 1.165) is 41.6 Å². The maximum absolute atomic E-state index is 13.5. The molecule has 0 saturated carbocycles. The topological polar surface area (TPSA) is 62.2 Å². The van der Waals surface area contributed by atoms with Crippen molar-refractivity contribution in [3.63, 3.8) is 0 Å². The van der Waals surface area contributed by atoms with Crippen LogP contribution in [0.2, 0.25) is 0 Å². The summed E-state index contributed by atoms with van der Waals surface area (Å²) < 4.78 is 15.7. The van der Waals surface area contributed by atoms with Gasteiger partial charge in [0.2, 0.25) is 5.91 Å². The number of nitrogens with one attached hydrogen (secondary N) is 2. The van der Waals surface area contributed by atoms with Crippen LogP contribution in [-0.4, -0.2) is 40.0 Å². The van der Waals surface area contributed by atoms with Crippen LogP contribution in [0.5, 0.6) is 0 Å². The number of nitrogens with zero attached hydrogens (tertiary/aromatic N) is 3. The van der Waals surface area contributed by atoms with Crippen molar-refractivity contribution < 1.29 is 9.18 Å².